The van der Waals surface area contributed by atoms with Gasteiger partial charge in [-0.05, 0) is 23.9 Å². The van der Waals surface area contributed by atoms with Crippen LogP contribution in [0.15, 0.2) is 41.8 Å². The molecule has 1 heterocycles. The second kappa shape index (κ2) is 5.61. The fourth-order valence-electron chi connectivity index (χ4n) is 2.34. The lowest BCUT2D eigenvalue weighted by Crippen LogP contribution is -2.04. The van der Waals surface area contributed by atoms with Crippen molar-refractivity contribution in [1.29, 1.82) is 0 Å². The molecule has 0 amide bonds. The number of benzene rings is 2. The first-order chi connectivity index (χ1) is 9.83. The summed E-state index contributed by atoms with van der Waals surface area (Å²) in [6.45, 7) is 0.789. The molecule has 3 nitrogen and oxygen atoms in total. The molecular formula is C16H16N2OS. The molecule has 3 rings (SSSR count). The number of methoxy groups -OCH3 is 1. The number of hydrogen-bond acceptors (Lipinski definition) is 4. The van der Waals surface area contributed by atoms with Gasteiger partial charge in [-0.2, -0.15) is 0 Å². The van der Waals surface area contributed by atoms with Crippen molar-refractivity contribution in [3.63, 3.8) is 0 Å². The molecule has 0 aliphatic heterocycles. The van der Waals surface area contributed by atoms with E-state index >= 15 is 0 Å². The second-order valence-electron chi connectivity index (χ2n) is 4.52. The van der Waals surface area contributed by atoms with Crippen molar-refractivity contribution < 1.29 is 4.74 Å². The number of aromatic nitrogens is 1. The average molecular weight is 284 g/mol. The molecule has 0 saturated carbocycles. The highest BCUT2D eigenvalue weighted by atomic mass is 32.1. The highest BCUT2D eigenvalue weighted by Gasteiger charge is 2.13. The molecule has 0 bridgehead atoms. The van der Waals surface area contributed by atoms with Crippen molar-refractivity contribution in [2.24, 2.45) is 0 Å². The summed E-state index contributed by atoms with van der Waals surface area (Å²) in [4.78, 5) is 4.70. The highest BCUT2D eigenvalue weighted by Crippen LogP contribution is 2.37. The molecule has 1 N–H and O–H groups in total. The molecule has 0 atom stereocenters. The van der Waals surface area contributed by atoms with Gasteiger partial charge in [0.25, 0.3) is 0 Å². The summed E-state index contributed by atoms with van der Waals surface area (Å²) in [6, 6.07) is 12.4. The summed E-state index contributed by atoms with van der Waals surface area (Å²) >= 11 is 1.67. The molecular weight excluding hydrogens is 268 g/mol. The standard InChI is InChI=1S/C16H16N2OS/c1-17-9-15-18-13(10-20-15)16-12-6-4-3-5-11(12)7-8-14(16)19-2/h3-8,10,17H,9H2,1-2H3. The summed E-state index contributed by atoms with van der Waals surface area (Å²) in [5.41, 5.74) is 2.05. The van der Waals surface area contributed by atoms with E-state index in [1.54, 1.807) is 18.4 Å². The number of ether oxygens (including phenoxy) is 1. The van der Waals surface area contributed by atoms with Crippen molar-refractivity contribution in [2.75, 3.05) is 14.2 Å². The Labute approximate surface area is 122 Å². The molecule has 0 unspecified atom stereocenters. The maximum absolute atomic E-state index is 5.53. The minimum Gasteiger partial charge on any atom is -0.496 e. The fraction of sp³-hybridized carbons (Fsp3) is 0.188. The summed E-state index contributed by atoms with van der Waals surface area (Å²) in [5, 5.41) is 8.68. The third-order valence-electron chi connectivity index (χ3n) is 3.25. The van der Waals surface area contributed by atoms with Gasteiger partial charge < -0.3 is 10.1 Å². The Balaban J connectivity index is 2.21. The summed E-state index contributed by atoms with van der Waals surface area (Å²) in [7, 11) is 3.63. The Bertz CT molecular complexity index is 736. The Morgan fingerprint density at radius 1 is 1.20 bits per heavy atom. The van der Waals surface area contributed by atoms with Gasteiger partial charge in [-0.1, -0.05) is 30.3 Å². The Morgan fingerprint density at radius 2 is 2.05 bits per heavy atom. The van der Waals surface area contributed by atoms with E-state index in [1.165, 1.54) is 10.8 Å². The number of hydrogen-bond donors (Lipinski definition) is 1. The van der Waals surface area contributed by atoms with Crippen molar-refractivity contribution in [1.82, 2.24) is 10.3 Å². The van der Waals surface area contributed by atoms with Crippen LogP contribution in [-0.4, -0.2) is 19.1 Å². The molecule has 20 heavy (non-hydrogen) atoms. The van der Waals surface area contributed by atoms with Crippen molar-refractivity contribution >= 4 is 22.1 Å². The van der Waals surface area contributed by atoms with Gasteiger partial charge in [-0.15, -0.1) is 11.3 Å². The lowest BCUT2D eigenvalue weighted by molar-refractivity contribution is 0.417. The predicted octanol–water partition coefficient (Wildman–Crippen LogP) is 3.69. The van der Waals surface area contributed by atoms with Gasteiger partial charge in [-0.25, -0.2) is 4.98 Å². The Hall–Kier alpha value is -1.91. The minimum absolute atomic E-state index is 0.789. The van der Waals surface area contributed by atoms with Gasteiger partial charge in [0.2, 0.25) is 0 Å². The van der Waals surface area contributed by atoms with Crippen molar-refractivity contribution in [3.05, 3.63) is 46.8 Å². The van der Waals surface area contributed by atoms with Crippen LogP contribution in [0.2, 0.25) is 0 Å². The summed E-state index contributed by atoms with van der Waals surface area (Å²) < 4.78 is 5.53. The van der Waals surface area contributed by atoms with Gasteiger partial charge in [0.05, 0.1) is 18.4 Å². The largest absolute Gasteiger partial charge is 0.496 e. The van der Waals surface area contributed by atoms with Gasteiger partial charge in [-0.3, -0.25) is 0 Å². The molecule has 102 valence electrons. The molecule has 3 aromatic rings. The highest BCUT2D eigenvalue weighted by molar-refractivity contribution is 7.09. The molecule has 2 aromatic carbocycles. The van der Waals surface area contributed by atoms with Crippen LogP contribution in [0, 0.1) is 0 Å². The normalized spacial score (nSPS) is 10.9. The SMILES string of the molecule is CNCc1nc(-c2c(OC)ccc3ccccc23)cs1. The predicted molar refractivity (Wildman–Crippen MR) is 84.4 cm³/mol. The van der Waals surface area contributed by atoms with Gasteiger partial charge in [0, 0.05) is 11.9 Å². The van der Waals surface area contributed by atoms with Crippen LogP contribution >= 0.6 is 11.3 Å². The van der Waals surface area contributed by atoms with Crippen LogP contribution in [0.25, 0.3) is 22.0 Å². The topological polar surface area (TPSA) is 34.2 Å². The zero-order valence-corrected chi connectivity index (χ0v) is 12.3. The summed E-state index contributed by atoms with van der Waals surface area (Å²) in [6.07, 6.45) is 0. The Kier molecular flexibility index (Phi) is 3.67. The molecule has 0 saturated heterocycles. The first-order valence-electron chi connectivity index (χ1n) is 6.48. The van der Waals surface area contributed by atoms with E-state index in [1.807, 2.05) is 25.2 Å². The lowest BCUT2D eigenvalue weighted by atomic mass is 10.0. The van der Waals surface area contributed by atoms with E-state index in [-0.39, 0.29) is 0 Å². The molecule has 0 radical (unpaired) electrons. The number of nitrogens with one attached hydrogen (secondary N) is 1. The zero-order valence-electron chi connectivity index (χ0n) is 11.5. The number of rotatable bonds is 4. The molecule has 0 spiro atoms. The fourth-order valence-corrected chi connectivity index (χ4v) is 3.14. The minimum atomic E-state index is 0.789. The van der Waals surface area contributed by atoms with E-state index in [0.29, 0.717) is 0 Å². The van der Waals surface area contributed by atoms with Crippen LogP contribution in [0.4, 0.5) is 0 Å². The zero-order chi connectivity index (χ0) is 13.9. The molecule has 0 aliphatic carbocycles. The molecule has 0 aliphatic rings. The first-order valence-corrected chi connectivity index (χ1v) is 7.36. The maximum Gasteiger partial charge on any atom is 0.128 e. The van der Waals surface area contributed by atoms with Crippen LogP contribution in [-0.2, 0) is 6.54 Å². The number of thiazole rings is 1. The molecule has 1 aromatic heterocycles. The first kappa shape index (κ1) is 13.1. The lowest BCUT2D eigenvalue weighted by Gasteiger charge is -2.10. The number of nitrogens with zero attached hydrogens (tertiary/aromatic N) is 1. The third-order valence-corrected chi connectivity index (χ3v) is 4.10. The monoisotopic (exact) mass is 284 g/mol. The van der Waals surface area contributed by atoms with E-state index in [4.69, 9.17) is 9.72 Å². The van der Waals surface area contributed by atoms with Crippen LogP contribution < -0.4 is 10.1 Å². The summed E-state index contributed by atoms with van der Waals surface area (Å²) in [5.74, 6) is 0.866. The second-order valence-corrected chi connectivity index (χ2v) is 5.46. The van der Waals surface area contributed by atoms with Crippen molar-refractivity contribution in [2.45, 2.75) is 6.54 Å². The quantitative estimate of drug-likeness (QED) is 0.793. The molecule has 4 heteroatoms. The van der Waals surface area contributed by atoms with E-state index < -0.39 is 0 Å². The maximum atomic E-state index is 5.53. The van der Waals surface area contributed by atoms with E-state index in [0.717, 1.165) is 28.6 Å². The Morgan fingerprint density at radius 3 is 2.85 bits per heavy atom. The van der Waals surface area contributed by atoms with Crippen LogP contribution in [0.3, 0.4) is 0 Å². The smallest absolute Gasteiger partial charge is 0.128 e. The molecule has 0 fully saturated rings. The van der Waals surface area contributed by atoms with E-state index in [2.05, 4.69) is 28.9 Å². The third kappa shape index (κ3) is 2.28. The van der Waals surface area contributed by atoms with Gasteiger partial charge >= 0.3 is 0 Å². The van der Waals surface area contributed by atoms with Gasteiger partial charge in [0.15, 0.2) is 0 Å². The van der Waals surface area contributed by atoms with Crippen molar-refractivity contribution in [3.8, 4) is 17.0 Å². The number of fused-ring (bicyclic) bond motifs is 1. The van der Waals surface area contributed by atoms with Gasteiger partial charge in [0.1, 0.15) is 10.8 Å². The van der Waals surface area contributed by atoms with Crippen LogP contribution in [0.5, 0.6) is 5.75 Å². The van der Waals surface area contributed by atoms with Crippen LogP contribution in [0.1, 0.15) is 5.01 Å². The van der Waals surface area contributed by atoms with E-state index in [9.17, 15) is 0 Å². The average Bonchev–Trinajstić information content (AvgIpc) is 2.94.